The predicted octanol–water partition coefficient (Wildman–Crippen LogP) is 3.94. The molecule has 0 aliphatic carbocycles. The number of carbonyl (C=O) groups is 1. The number of para-hydroxylation sites is 1. The first-order valence-corrected chi connectivity index (χ1v) is 9.25. The summed E-state index contributed by atoms with van der Waals surface area (Å²) in [6, 6.07) is 13.2. The molecule has 2 aromatic rings. The third kappa shape index (κ3) is 4.73. The maximum Gasteiger partial charge on any atom is 0.258 e. The van der Waals surface area contributed by atoms with E-state index >= 15 is 0 Å². The number of halogens is 1. The lowest BCUT2D eigenvalue weighted by molar-refractivity contribution is -0.123. The molecule has 0 saturated heterocycles. The van der Waals surface area contributed by atoms with Gasteiger partial charge in [0.1, 0.15) is 11.7 Å². The Kier molecular flexibility index (Phi) is 5.92. The van der Waals surface area contributed by atoms with Gasteiger partial charge in [0.2, 0.25) is 0 Å². The molecule has 1 heterocycles. The van der Waals surface area contributed by atoms with Gasteiger partial charge in [0.15, 0.2) is 18.1 Å². The zero-order valence-corrected chi connectivity index (χ0v) is 16.5. The highest BCUT2D eigenvalue weighted by Gasteiger charge is 2.32. The molecule has 5 nitrogen and oxygen atoms in total. The van der Waals surface area contributed by atoms with Crippen LogP contribution in [0.15, 0.2) is 42.5 Å². The van der Waals surface area contributed by atoms with Crippen LogP contribution in [0.25, 0.3) is 0 Å². The molecule has 1 aliphatic heterocycles. The smallest absolute Gasteiger partial charge is 0.258 e. The Bertz CT molecular complexity index is 822. The fraction of sp³-hybridized carbons (Fsp3) is 0.381. The third-order valence-electron chi connectivity index (χ3n) is 4.43. The number of nitrogens with one attached hydrogen (secondary N) is 1. The van der Waals surface area contributed by atoms with Gasteiger partial charge >= 0.3 is 0 Å². The number of hydrogen-bond acceptors (Lipinski definition) is 4. The molecule has 1 unspecified atom stereocenters. The maximum atomic E-state index is 12.2. The number of methoxy groups -OCH3 is 1. The van der Waals surface area contributed by atoms with Crippen LogP contribution in [0.5, 0.6) is 11.5 Å². The fourth-order valence-corrected chi connectivity index (χ4v) is 3.42. The fourth-order valence-electron chi connectivity index (χ4n) is 3.16. The standard InChI is InChI=1S/C21H24ClNO4/c1-21(2)11-14-7-6-10-17(20(14)27-21)26-13-19(24)23-12-18(25-3)15-8-4-5-9-16(15)22/h4-10,18H,11-13H2,1-3H3,(H,23,24). The number of ether oxygens (including phenoxy) is 3. The van der Waals surface area contributed by atoms with Crippen molar-refractivity contribution in [2.45, 2.75) is 32.0 Å². The molecule has 0 aromatic heterocycles. The minimum Gasteiger partial charge on any atom is -0.483 e. The van der Waals surface area contributed by atoms with Gasteiger partial charge in [-0.25, -0.2) is 0 Å². The van der Waals surface area contributed by atoms with E-state index in [1.165, 1.54) is 0 Å². The minimum absolute atomic E-state index is 0.0980. The Hall–Kier alpha value is -2.24. The lowest BCUT2D eigenvalue weighted by atomic mass is 10.0. The monoisotopic (exact) mass is 389 g/mol. The average Bonchev–Trinajstić information content (AvgIpc) is 2.96. The zero-order chi connectivity index (χ0) is 19.4. The van der Waals surface area contributed by atoms with E-state index in [9.17, 15) is 4.79 Å². The van der Waals surface area contributed by atoms with Gasteiger partial charge < -0.3 is 19.5 Å². The Morgan fingerprint density at radius 3 is 2.78 bits per heavy atom. The molecule has 1 aliphatic rings. The molecule has 1 amide bonds. The Labute approximate surface area is 164 Å². The first-order valence-electron chi connectivity index (χ1n) is 8.87. The van der Waals surface area contributed by atoms with Crippen LogP contribution in [0, 0.1) is 0 Å². The molecule has 1 atom stereocenters. The van der Waals surface area contributed by atoms with Crippen molar-refractivity contribution in [3.63, 3.8) is 0 Å². The van der Waals surface area contributed by atoms with E-state index in [4.69, 9.17) is 25.8 Å². The van der Waals surface area contributed by atoms with E-state index in [2.05, 4.69) is 5.32 Å². The van der Waals surface area contributed by atoms with Crippen LogP contribution in [0.1, 0.15) is 31.1 Å². The highest BCUT2D eigenvalue weighted by atomic mass is 35.5. The number of amides is 1. The van der Waals surface area contributed by atoms with Gasteiger partial charge in [-0.3, -0.25) is 4.79 Å². The SMILES string of the molecule is COC(CNC(=O)COc1cccc2c1OC(C)(C)C2)c1ccccc1Cl. The number of fused-ring (bicyclic) bond motifs is 1. The average molecular weight is 390 g/mol. The largest absolute Gasteiger partial charge is 0.483 e. The normalized spacial score (nSPS) is 15.6. The topological polar surface area (TPSA) is 56.8 Å². The zero-order valence-electron chi connectivity index (χ0n) is 15.8. The summed E-state index contributed by atoms with van der Waals surface area (Å²) in [7, 11) is 1.59. The van der Waals surface area contributed by atoms with Crippen LogP contribution in [0.2, 0.25) is 5.02 Å². The summed E-state index contributed by atoms with van der Waals surface area (Å²) in [4.78, 5) is 12.2. The van der Waals surface area contributed by atoms with Gasteiger partial charge in [-0.2, -0.15) is 0 Å². The minimum atomic E-state index is -0.326. The Morgan fingerprint density at radius 2 is 2.04 bits per heavy atom. The van der Waals surface area contributed by atoms with E-state index in [1.807, 2.05) is 50.2 Å². The van der Waals surface area contributed by atoms with Crippen LogP contribution >= 0.6 is 11.6 Å². The molecule has 2 aromatic carbocycles. The number of carbonyl (C=O) groups excluding carboxylic acids is 1. The summed E-state index contributed by atoms with van der Waals surface area (Å²) in [6.07, 6.45) is 0.492. The lowest BCUT2D eigenvalue weighted by Crippen LogP contribution is -2.33. The van der Waals surface area contributed by atoms with E-state index < -0.39 is 0 Å². The molecule has 6 heteroatoms. The maximum absolute atomic E-state index is 12.2. The first kappa shape index (κ1) is 19.5. The Morgan fingerprint density at radius 1 is 1.26 bits per heavy atom. The van der Waals surface area contributed by atoms with Crippen molar-refractivity contribution >= 4 is 17.5 Å². The van der Waals surface area contributed by atoms with Crippen molar-refractivity contribution < 1.29 is 19.0 Å². The van der Waals surface area contributed by atoms with Crippen molar-refractivity contribution in [2.75, 3.05) is 20.3 Å². The van der Waals surface area contributed by atoms with Gasteiger partial charge in [0.05, 0.1) is 0 Å². The van der Waals surface area contributed by atoms with Crippen molar-refractivity contribution in [1.29, 1.82) is 0 Å². The highest BCUT2D eigenvalue weighted by molar-refractivity contribution is 6.31. The number of benzene rings is 2. The second-order valence-electron chi connectivity index (χ2n) is 7.12. The second-order valence-corrected chi connectivity index (χ2v) is 7.53. The van der Waals surface area contributed by atoms with Gasteiger partial charge in [0, 0.05) is 36.2 Å². The first-order chi connectivity index (χ1) is 12.9. The van der Waals surface area contributed by atoms with Crippen LogP contribution in [-0.4, -0.2) is 31.8 Å². The van der Waals surface area contributed by atoms with Crippen LogP contribution in [0.3, 0.4) is 0 Å². The molecule has 0 fully saturated rings. The summed E-state index contributed by atoms with van der Waals surface area (Å²) in [5.74, 6) is 1.07. The van der Waals surface area contributed by atoms with E-state index in [1.54, 1.807) is 13.2 Å². The summed E-state index contributed by atoms with van der Waals surface area (Å²) >= 11 is 6.20. The summed E-state index contributed by atoms with van der Waals surface area (Å²) in [5, 5.41) is 3.43. The van der Waals surface area contributed by atoms with Crippen molar-refractivity contribution in [1.82, 2.24) is 5.32 Å². The highest BCUT2D eigenvalue weighted by Crippen LogP contribution is 2.41. The van der Waals surface area contributed by atoms with Crippen molar-refractivity contribution in [2.24, 2.45) is 0 Å². The van der Waals surface area contributed by atoms with Gasteiger partial charge in [-0.15, -0.1) is 0 Å². The van der Waals surface area contributed by atoms with Crippen molar-refractivity contribution in [3.05, 3.63) is 58.6 Å². The van der Waals surface area contributed by atoms with E-state index in [0.717, 1.165) is 23.3 Å². The molecule has 0 bridgehead atoms. The van der Waals surface area contributed by atoms with Crippen molar-refractivity contribution in [3.8, 4) is 11.5 Å². The van der Waals surface area contributed by atoms with Gasteiger partial charge in [-0.05, 0) is 26.0 Å². The molecule has 144 valence electrons. The van der Waals surface area contributed by atoms with Crippen LogP contribution in [-0.2, 0) is 16.0 Å². The summed E-state index contributed by atoms with van der Waals surface area (Å²) < 4.78 is 17.1. The molecular formula is C21H24ClNO4. The second kappa shape index (κ2) is 8.19. The molecule has 3 rings (SSSR count). The van der Waals surface area contributed by atoms with Gasteiger partial charge in [0.25, 0.3) is 5.91 Å². The summed E-state index contributed by atoms with van der Waals surface area (Å²) in [5.41, 5.74) is 1.67. The molecule has 0 radical (unpaired) electrons. The molecule has 0 spiro atoms. The van der Waals surface area contributed by atoms with Gasteiger partial charge in [-0.1, -0.05) is 41.9 Å². The van der Waals surface area contributed by atoms with Crippen LogP contribution in [0.4, 0.5) is 0 Å². The third-order valence-corrected chi connectivity index (χ3v) is 4.78. The molecule has 1 N–H and O–H groups in total. The molecule has 27 heavy (non-hydrogen) atoms. The predicted molar refractivity (Wildman–Crippen MR) is 105 cm³/mol. The number of rotatable bonds is 7. The van der Waals surface area contributed by atoms with Crippen LogP contribution < -0.4 is 14.8 Å². The quantitative estimate of drug-likeness (QED) is 0.779. The molecular weight excluding hydrogens is 366 g/mol. The van der Waals surface area contributed by atoms with E-state index in [-0.39, 0.29) is 24.2 Å². The molecule has 0 saturated carbocycles. The lowest BCUT2D eigenvalue weighted by Gasteiger charge is -2.19. The summed E-state index contributed by atoms with van der Waals surface area (Å²) in [6.45, 7) is 4.27. The van der Waals surface area contributed by atoms with E-state index in [0.29, 0.717) is 17.3 Å². The number of hydrogen-bond donors (Lipinski definition) is 1. The Balaban J connectivity index is 1.55.